The van der Waals surface area contributed by atoms with Crippen molar-refractivity contribution in [1.82, 2.24) is 0 Å². The van der Waals surface area contributed by atoms with Crippen molar-refractivity contribution in [3.63, 3.8) is 0 Å². The van der Waals surface area contributed by atoms with E-state index in [4.69, 9.17) is 0 Å². The molecule has 1 atom stereocenters. The summed E-state index contributed by atoms with van der Waals surface area (Å²) in [6.45, 7) is 0. The van der Waals surface area contributed by atoms with E-state index in [0.717, 1.165) is 6.42 Å². The van der Waals surface area contributed by atoms with Crippen molar-refractivity contribution in [3.05, 3.63) is 35.4 Å². The smallest absolute Gasteiger partial charge is 0.0895 e. The SMILES string of the molecule is S=C=NC1Cc2ccccc21. The van der Waals surface area contributed by atoms with Gasteiger partial charge in [-0.15, -0.1) is 0 Å². The Kier molecular flexibility index (Phi) is 1.57. The Morgan fingerprint density at radius 3 is 3.00 bits per heavy atom. The van der Waals surface area contributed by atoms with E-state index in [1.54, 1.807) is 0 Å². The second-order valence-corrected chi connectivity index (χ2v) is 2.82. The molecular weight excluding hydrogens is 154 g/mol. The molecule has 0 fully saturated rings. The highest BCUT2D eigenvalue weighted by atomic mass is 32.1. The molecule has 1 nitrogen and oxygen atoms in total. The van der Waals surface area contributed by atoms with Gasteiger partial charge in [-0.25, -0.2) is 4.99 Å². The summed E-state index contributed by atoms with van der Waals surface area (Å²) in [7, 11) is 0. The highest BCUT2D eigenvalue weighted by Crippen LogP contribution is 2.35. The lowest BCUT2D eigenvalue weighted by atomic mass is 9.84. The lowest BCUT2D eigenvalue weighted by Crippen LogP contribution is -2.14. The average molecular weight is 161 g/mol. The molecule has 1 aliphatic carbocycles. The van der Waals surface area contributed by atoms with Gasteiger partial charge < -0.3 is 0 Å². The summed E-state index contributed by atoms with van der Waals surface area (Å²) in [4.78, 5) is 4.04. The molecule has 0 heterocycles. The van der Waals surface area contributed by atoms with Crippen LogP contribution in [0.25, 0.3) is 0 Å². The van der Waals surface area contributed by atoms with Crippen LogP contribution in [0.15, 0.2) is 29.3 Å². The van der Waals surface area contributed by atoms with Crippen LogP contribution in [-0.4, -0.2) is 5.16 Å². The van der Waals surface area contributed by atoms with Crippen LogP contribution >= 0.6 is 12.2 Å². The molecule has 54 valence electrons. The Labute approximate surface area is 70.8 Å². The number of isothiocyanates is 1. The Bertz CT molecular complexity index is 326. The molecule has 1 unspecified atom stereocenters. The molecule has 2 heteroatoms. The highest BCUT2D eigenvalue weighted by molar-refractivity contribution is 7.78. The van der Waals surface area contributed by atoms with E-state index >= 15 is 0 Å². The molecule has 2 rings (SSSR count). The van der Waals surface area contributed by atoms with Crippen LogP contribution < -0.4 is 0 Å². The molecule has 0 N–H and O–H groups in total. The van der Waals surface area contributed by atoms with Crippen LogP contribution in [-0.2, 0) is 6.42 Å². The van der Waals surface area contributed by atoms with Gasteiger partial charge in [-0.3, -0.25) is 0 Å². The summed E-state index contributed by atoms with van der Waals surface area (Å²) < 4.78 is 0. The molecular formula is C9H7NS. The number of benzene rings is 1. The lowest BCUT2D eigenvalue weighted by Gasteiger charge is -2.25. The van der Waals surface area contributed by atoms with Crippen molar-refractivity contribution in [3.8, 4) is 0 Å². The summed E-state index contributed by atoms with van der Waals surface area (Å²) in [5.74, 6) is 0. The zero-order valence-electron chi connectivity index (χ0n) is 5.95. The van der Waals surface area contributed by atoms with Crippen molar-refractivity contribution < 1.29 is 0 Å². The van der Waals surface area contributed by atoms with Crippen molar-refractivity contribution in [2.75, 3.05) is 0 Å². The average Bonchev–Trinajstić information content (AvgIpc) is 2.01. The predicted molar refractivity (Wildman–Crippen MR) is 47.9 cm³/mol. The zero-order chi connectivity index (χ0) is 7.68. The van der Waals surface area contributed by atoms with E-state index < -0.39 is 0 Å². The van der Waals surface area contributed by atoms with Gasteiger partial charge in [0, 0.05) is 6.42 Å². The first-order valence-corrected chi connectivity index (χ1v) is 3.97. The fourth-order valence-electron chi connectivity index (χ4n) is 1.41. The predicted octanol–water partition coefficient (Wildman–Crippen LogP) is 2.39. The third-order valence-electron chi connectivity index (χ3n) is 2.04. The zero-order valence-corrected chi connectivity index (χ0v) is 6.77. The van der Waals surface area contributed by atoms with E-state index in [1.807, 2.05) is 6.07 Å². The Morgan fingerprint density at radius 1 is 1.45 bits per heavy atom. The van der Waals surface area contributed by atoms with E-state index in [9.17, 15) is 0 Å². The van der Waals surface area contributed by atoms with Crippen LogP contribution in [0.4, 0.5) is 0 Å². The molecule has 1 aromatic rings. The normalized spacial score (nSPS) is 19.5. The van der Waals surface area contributed by atoms with Crippen LogP contribution in [0.1, 0.15) is 17.2 Å². The minimum atomic E-state index is 0.295. The van der Waals surface area contributed by atoms with Crippen molar-refractivity contribution >= 4 is 17.4 Å². The third-order valence-corrected chi connectivity index (χ3v) is 2.14. The molecule has 0 saturated heterocycles. The maximum absolute atomic E-state index is 4.54. The van der Waals surface area contributed by atoms with Gasteiger partial charge >= 0.3 is 0 Å². The lowest BCUT2D eigenvalue weighted by molar-refractivity contribution is 0.643. The van der Waals surface area contributed by atoms with E-state index in [2.05, 4.69) is 40.6 Å². The number of hydrogen-bond donors (Lipinski definition) is 0. The molecule has 0 aromatic heterocycles. The van der Waals surface area contributed by atoms with Gasteiger partial charge in [0.25, 0.3) is 0 Å². The molecule has 0 spiro atoms. The second-order valence-electron chi connectivity index (χ2n) is 2.64. The molecule has 1 aliphatic rings. The van der Waals surface area contributed by atoms with Crippen molar-refractivity contribution in [1.29, 1.82) is 0 Å². The molecule has 11 heavy (non-hydrogen) atoms. The highest BCUT2D eigenvalue weighted by Gasteiger charge is 2.23. The van der Waals surface area contributed by atoms with Gasteiger partial charge in [0.05, 0.1) is 11.2 Å². The Balaban J connectivity index is 2.36. The maximum atomic E-state index is 4.54. The van der Waals surface area contributed by atoms with Crippen LogP contribution in [0, 0.1) is 0 Å². The minimum Gasteiger partial charge on any atom is -0.224 e. The standard InChI is InChI=1S/C9H7NS/c11-6-10-9-5-7-3-1-2-4-8(7)9/h1-4,9H,5H2. The fraction of sp³-hybridized carbons (Fsp3) is 0.222. The number of fused-ring (bicyclic) bond motifs is 1. The summed E-state index contributed by atoms with van der Waals surface area (Å²) >= 11 is 4.54. The minimum absolute atomic E-state index is 0.295. The fourth-order valence-corrected chi connectivity index (χ4v) is 1.54. The first kappa shape index (κ1) is 6.71. The van der Waals surface area contributed by atoms with Crippen LogP contribution in [0.5, 0.6) is 0 Å². The first-order valence-electron chi connectivity index (χ1n) is 3.56. The second kappa shape index (κ2) is 2.57. The van der Waals surface area contributed by atoms with Crippen molar-refractivity contribution in [2.24, 2.45) is 4.99 Å². The van der Waals surface area contributed by atoms with Crippen LogP contribution in [0.2, 0.25) is 0 Å². The largest absolute Gasteiger partial charge is 0.224 e. The van der Waals surface area contributed by atoms with E-state index in [-0.39, 0.29) is 0 Å². The molecule has 1 aromatic carbocycles. The molecule has 0 bridgehead atoms. The van der Waals surface area contributed by atoms with E-state index in [0.29, 0.717) is 6.04 Å². The number of aliphatic imine (C=N–C) groups is 1. The third kappa shape index (κ3) is 1.01. The Hall–Kier alpha value is -0.980. The molecule has 0 amide bonds. The van der Waals surface area contributed by atoms with E-state index in [1.165, 1.54) is 11.1 Å². The summed E-state index contributed by atoms with van der Waals surface area (Å²) in [6.07, 6.45) is 1.03. The number of nitrogens with zero attached hydrogens (tertiary/aromatic N) is 1. The first-order chi connectivity index (χ1) is 5.42. The number of hydrogen-bond acceptors (Lipinski definition) is 2. The van der Waals surface area contributed by atoms with Crippen LogP contribution in [0.3, 0.4) is 0 Å². The quantitative estimate of drug-likeness (QED) is 0.455. The van der Waals surface area contributed by atoms with Gasteiger partial charge in [0.2, 0.25) is 0 Å². The summed E-state index contributed by atoms with van der Waals surface area (Å²) in [5.41, 5.74) is 2.70. The van der Waals surface area contributed by atoms with Gasteiger partial charge in [-0.2, -0.15) is 0 Å². The van der Waals surface area contributed by atoms with Crippen molar-refractivity contribution in [2.45, 2.75) is 12.5 Å². The summed E-state index contributed by atoms with van der Waals surface area (Å²) in [5, 5.41) is 2.42. The Morgan fingerprint density at radius 2 is 2.27 bits per heavy atom. The number of thiocarbonyl (C=S) groups is 1. The summed E-state index contributed by atoms with van der Waals surface area (Å²) in [6, 6.07) is 8.61. The molecule has 0 radical (unpaired) electrons. The van der Waals surface area contributed by atoms with Gasteiger partial charge in [0.1, 0.15) is 0 Å². The topological polar surface area (TPSA) is 12.4 Å². The monoisotopic (exact) mass is 161 g/mol. The van der Waals surface area contributed by atoms with Gasteiger partial charge in [0.15, 0.2) is 0 Å². The number of rotatable bonds is 1. The molecule has 0 saturated carbocycles. The van der Waals surface area contributed by atoms with Gasteiger partial charge in [-0.05, 0) is 23.3 Å². The van der Waals surface area contributed by atoms with Gasteiger partial charge in [-0.1, -0.05) is 24.3 Å². The molecule has 0 aliphatic heterocycles. The maximum Gasteiger partial charge on any atom is 0.0895 e.